The molecule has 0 heterocycles. The summed E-state index contributed by atoms with van der Waals surface area (Å²) in [7, 11) is 0. The fourth-order valence-electron chi connectivity index (χ4n) is 1.46. The third kappa shape index (κ3) is 4.30. The molecule has 0 aliphatic carbocycles. The van der Waals surface area contributed by atoms with E-state index in [1.807, 2.05) is 0 Å². The van der Waals surface area contributed by atoms with Crippen LogP contribution in [0.5, 0.6) is 0 Å². The number of hydrogen-bond acceptors (Lipinski definition) is 1. The number of halogens is 5. The lowest BCUT2D eigenvalue weighted by molar-refractivity contribution is -0.133. The van der Waals surface area contributed by atoms with Crippen molar-refractivity contribution in [1.29, 1.82) is 0 Å². The molecule has 1 nitrogen and oxygen atoms in total. The first-order valence-electron chi connectivity index (χ1n) is 5.05. The van der Waals surface area contributed by atoms with Crippen LogP contribution in [0.1, 0.15) is 24.9 Å². The molecule has 96 valence electrons. The molecule has 0 radical (unpaired) electrons. The zero-order valence-corrected chi connectivity index (χ0v) is 9.11. The summed E-state index contributed by atoms with van der Waals surface area (Å²) in [5.41, 5.74) is -0.241. The molecule has 1 aromatic rings. The van der Waals surface area contributed by atoms with Gasteiger partial charge in [0.2, 0.25) is 0 Å². The van der Waals surface area contributed by atoms with Crippen LogP contribution in [-0.2, 0) is 0 Å². The van der Waals surface area contributed by atoms with E-state index in [1.54, 1.807) is 0 Å². The molecule has 1 rings (SSSR count). The van der Waals surface area contributed by atoms with E-state index in [9.17, 15) is 22.0 Å². The average molecular weight is 253 g/mol. The van der Waals surface area contributed by atoms with E-state index in [4.69, 9.17) is 0 Å². The smallest absolute Gasteiger partial charge is 0.310 e. The summed E-state index contributed by atoms with van der Waals surface area (Å²) in [6, 6.07) is 2.54. The molecule has 0 amide bonds. The molecular formula is C11H12F5N. The summed E-state index contributed by atoms with van der Waals surface area (Å²) >= 11 is 0. The molecule has 1 N–H and O–H groups in total. The van der Waals surface area contributed by atoms with Gasteiger partial charge in [0.15, 0.2) is 0 Å². The summed E-state index contributed by atoms with van der Waals surface area (Å²) in [6.07, 6.45) is -5.31. The summed E-state index contributed by atoms with van der Waals surface area (Å²) in [6.45, 7) is 1.04. The van der Waals surface area contributed by atoms with Gasteiger partial charge in [-0.05, 0) is 19.1 Å². The minimum Gasteiger partial charge on any atom is -0.310 e. The van der Waals surface area contributed by atoms with Crippen molar-refractivity contribution >= 4 is 0 Å². The van der Waals surface area contributed by atoms with Crippen LogP contribution in [0.2, 0.25) is 0 Å². The lowest BCUT2D eigenvalue weighted by Crippen LogP contribution is -2.25. The molecule has 17 heavy (non-hydrogen) atoms. The van der Waals surface area contributed by atoms with Gasteiger partial charge in [-0.25, -0.2) is 8.78 Å². The molecule has 6 heteroatoms. The normalized spacial score (nSPS) is 13.8. The Balaban J connectivity index is 2.61. The van der Waals surface area contributed by atoms with Crippen LogP contribution in [-0.4, -0.2) is 12.7 Å². The predicted octanol–water partition coefficient (Wildman–Crippen LogP) is 3.57. The van der Waals surface area contributed by atoms with Crippen molar-refractivity contribution in [2.24, 2.45) is 0 Å². The van der Waals surface area contributed by atoms with Gasteiger partial charge in [-0.2, -0.15) is 13.2 Å². The molecule has 1 atom stereocenters. The summed E-state index contributed by atoms with van der Waals surface area (Å²) in [5, 5.41) is 2.44. The Bertz CT molecular complexity index is 354. The highest BCUT2D eigenvalue weighted by Gasteiger charge is 2.26. The zero-order chi connectivity index (χ0) is 13.1. The van der Waals surface area contributed by atoms with Crippen molar-refractivity contribution in [3.05, 3.63) is 35.4 Å². The quantitative estimate of drug-likeness (QED) is 0.809. The van der Waals surface area contributed by atoms with E-state index in [1.165, 1.54) is 13.0 Å². The fraction of sp³-hybridized carbons (Fsp3) is 0.455. The summed E-state index contributed by atoms with van der Waals surface area (Å²) in [4.78, 5) is 0. The third-order valence-corrected chi connectivity index (χ3v) is 2.29. The Labute approximate surface area is 95.6 Å². The molecule has 0 aliphatic rings. The van der Waals surface area contributed by atoms with Crippen molar-refractivity contribution in [3.8, 4) is 0 Å². The Hall–Kier alpha value is -1.17. The van der Waals surface area contributed by atoms with Crippen molar-refractivity contribution < 1.29 is 22.0 Å². The number of rotatable bonds is 4. The average Bonchev–Trinajstić information content (AvgIpc) is 2.15. The van der Waals surface area contributed by atoms with Gasteiger partial charge in [0, 0.05) is 18.2 Å². The Morgan fingerprint density at radius 1 is 1.18 bits per heavy atom. The van der Waals surface area contributed by atoms with Crippen molar-refractivity contribution in [1.82, 2.24) is 5.32 Å². The monoisotopic (exact) mass is 253 g/mol. The van der Waals surface area contributed by atoms with Crippen LogP contribution >= 0.6 is 0 Å². The molecule has 1 unspecified atom stereocenters. The second-order valence-corrected chi connectivity index (χ2v) is 3.68. The molecule has 0 aliphatic heterocycles. The van der Waals surface area contributed by atoms with Crippen molar-refractivity contribution in [2.45, 2.75) is 25.6 Å². The van der Waals surface area contributed by atoms with Gasteiger partial charge >= 0.3 is 6.18 Å². The Kier molecular flexibility index (Phi) is 4.45. The van der Waals surface area contributed by atoms with Gasteiger partial charge in [0.1, 0.15) is 11.6 Å². The number of alkyl halides is 3. The maximum atomic E-state index is 13.3. The summed E-state index contributed by atoms with van der Waals surface area (Å²) < 4.78 is 62.2. The van der Waals surface area contributed by atoms with Crippen LogP contribution < -0.4 is 5.32 Å². The van der Waals surface area contributed by atoms with Gasteiger partial charge < -0.3 is 5.32 Å². The summed E-state index contributed by atoms with van der Waals surface area (Å²) in [5.74, 6) is -1.53. The Morgan fingerprint density at radius 3 is 2.18 bits per heavy atom. The molecule has 1 aromatic carbocycles. The largest absolute Gasteiger partial charge is 0.390 e. The van der Waals surface area contributed by atoms with E-state index in [-0.39, 0.29) is 12.1 Å². The molecule has 0 spiro atoms. The molecule has 0 saturated carbocycles. The minimum atomic E-state index is -4.28. The molecule has 0 fully saturated rings. The maximum Gasteiger partial charge on any atom is 0.390 e. The molecule has 0 bridgehead atoms. The SMILES string of the molecule is CC(NCCC(F)(F)F)c1c(F)cccc1F. The number of hydrogen-bond donors (Lipinski definition) is 1. The maximum absolute atomic E-state index is 13.3. The van der Waals surface area contributed by atoms with E-state index in [0.717, 1.165) is 12.1 Å². The second kappa shape index (κ2) is 5.44. The predicted molar refractivity (Wildman–Crippen MR) is 53.4 cm³/mol. The highest BCUT2D eigenvalue weighted by molar-refractivity contribution is 5.22. The van der Waals surface area contributed by atoms with Gasteiger partial charge in [-0.3, -0.25) is 0 Å². The first-order chi connectivity index (χ1) is 7.81. The topological polar surface area (TPSA) is 12.0 Å². The molecular weight excluding hydrogens is 241 g/mol. The van der Waals surface area contributed by atoms with Crippen LogP contribution in [0.3, 0.4) is 0 Å². The van der Waals surface area contributed by atoms with E-state index in [0.29, 0.717) is 0 Å². The zero-order valence-electron chi connectivity index (χ0n) is 9.11. The second-order valence-electron chi connectivity index (χ2n) is 3.68. The van der Waals surface area contributed by atoms with E-state index >= 15 is 0 Å². The Morgan fingerprint density at radius 2 is 1.71 bits per heavy atom. The van der Waals surface area contributed by atoms with Crippen LogP contribution in [0.25, 0.3) is 0 Å². The van der Waals surface area contributed by atoms with Crippen LogP contribution in [0.4, 0.5) is 22.0 Å². The van der Waals surface area contributed by atoms with Crippen LogP contribution in [0.15, 0.2) is 18.2 Å². The van der Waals surface area contributed by atoms with Gasteiger partial charge in [-0.15, -0.1) is 0 Å². The number of nitrogens with one attached hydrogen (secondary N) is 1. The molecule has 0 aromatic heterocycles. The standard InChI is InChI=1S/C11H12F5N/c1-7(17-6-5-11(14,15)16)10-8(12)3-2-4-9(10)13/h2-4,7,17H,5-6H2,1H3. The van der Waals surface area contributed by atoms with Gasteiger partial charge in [-0.1, -0.05) is 6.07 Å². The first kappa shape index (κ1) is 13.9. The molecule has 0 saturated heterocycles. The lowest BCUT2D eigenvalue weighted by atomic mass is 10.1. The van der Waals surface area contributed by atoms with Crippen molar-refractivity contribution in [2.75, 3.05) is 6.54 Å². The fourth-order valence-corrected chi connectivity index (χ4v) is 1.46. The van der Waals surface area contributed by atoms with Crippen LogP contribution in [0, 0.1) is 11.6 Å². The highest BCUT2D eigenvalue weighted by Crippen LogP contribution is 2.22. The lowest BCUT2D eigenvalue weighted by Gasteiger charge is -2.16. The minimum absolute atomic E-state index is 0.241. The van der Waals surface area contributed by atoms with E-state index < -0.39 is 30.3 Å². The number of benzene rings is 1. The third-order valence-electron chi connectivity index (χ3n) is 2.29. The highest BCUT2D eigenvalue weighted by atomic mass is 19.4. The first-order valence-corrected chi connectivity index (χ1v) is 5.05. The van der Waals surface area contributed by atoms with Gasteiger partial charge in [0.05, 0.1) is 6.42 Å². The van der Waals surface area contributed by atoms with E-state index in [2.05, 4.69) is 5.32 Å². The van der Waals surface area contributed by atoms with Gasteiger partial charge in [0.25, 0.3) is 0 Å². The van der Waals surface area contributed by atoms with Crippen molar-refractivity contribution in [3.63, 3.8) is 0 Å².